The molecule has 0 amide bonds. The molecule has 0 atom stereocenters. The average molecular weight is 335 g/mol. The van der Waals surface area contributed by atoms with Crippen molar-refractivity contribution in [2.24, 2.45) is 0 Å². The topological polar surface area (TPSA) is 30.5 Å². The number of nitrogens with one attached hydrogen (secondary N) is 1. The lowest BCUT2D eigenvalue weighted by molar-refractivity contribution is 0.199. The molecule has 0 bridgehead atoms. The van der Waals surface area contributed by atoms with Gasteiger partial charge in [-0.3, -0.25) is 0 Å². The van der Waals surface area contributed by atoms with Crippen LogP contribution in [0.3, 0.4) is 0 Å². The second-order valence-corrected chi connectivity index (χ2v) is 5.13. The minimum absolute atomic E-state index is 0.311. The van der Waals surface area contributed by atoms with Gasteiger partial charge in [-0.1, -0.05) is 24.2 Å². The van der Waals surface area contributed by atoms with E-state index >= 15 is 0 Å². The van der Waals surface area contributed by atoms with Crippen LogP contribution < -0.4 is 10.1 Å². The van der Waals surface area contributed by atoms with Crippen molar-refractivity contribution in [3.8, 4) is 5.75 Å². The van der Waals surface area contributed by atoms with Gasteiger partial charge < -0.3 is 14.8 Å². The van der Waals surface area contributed by atoms with Gasteiger partial charge in [0.15, 0.2) is 0 Å². The zero-order valence-electron chi connectivity index (χ0n) is 10.3. The smallest absolute Gasteiger partial charge is 0.134 e. The Morgan fingerprint density at radius 3 is 2.89 bits per heavy atom. The summed E-state index contributed by atoms with van der Waals surface area (Å²) in [6.45, 7) is 6.23. The molecule has 0 aliphatic rings. The first-order valence-corrected chi connectivity index (χ1v) is 6.74. The van der Waals surface area contributed by atoms with Crippen molar-refractivity contribution in [1.82, 2.24) is 5.32 Å². The average Bonchev–Trinajstić information content (AvgIpc) is 2.33. The van der Waals surface area contributed by atoms with Crippen molar-refractivity contribution < 1.29 is 9.47 Å². The van der Waals surface area contributed by atoms with Gasteiger partial charge in [-0.05, 0) is 33.6 Å². The van der Waals surface area contributed by atoms with Crippen LogP contribution in [-0.4, -0.2) is 26.9 Å². The third kappa shape index (κ3) is 5.87. The van der Waals surface area contributed by atoms with Gasteiger partial charge in [0.1, 0.15) is 12.4 Å². The van der Waals surface area contributed by atoms with Crippen LogP contribution in [0.5, 0.6) is 5.75 Å². The van der Waals surface area contributed by atoms with E-state index in [-0.39, 0.29) is 0 Å². The monoisotopic (exact) mass is 333 g/mol. The highest BCUT2D eigenvalue weighted by atomic mass is 79.9. The predicted molar refractivity (Wildman–Crippen MR) is 78.2 cm³/mol. The molecule has 0 aliphatic heterocycles. The van der Waals surface area contributed by atoms with Crippen molar-refractivity contribution in [1.29, 1.82) is 0 Å². The fraction of sp³-hybridized carbons (Fsp3) is 0.385. The van der Waals surface area contributed by atoms with Gasteiger partial charge in [0, 0.05) is 25.2 Å². The van der Waals surface area contributed by atoms with Crippen LogP contribution in [0.4, 0.5) is 0 Å². The number of halogens is 2. The lowest BCUT2D eigenvalue weighted by Gasteiger charge is -2.09. The van der Waals surface area contributed by atoms with Gasteiger partial charge in [0.05, 0.1) is 11.1 Å². The van der Waals surface area contributed by atoms with Crippen molar-refractivity contribution in [3.63, 3.8) is 0 Å². The molecule has 1 aromatic carbocycles. The molecule has 0 fully saturated rings. The lowest BCUT2D eigenvalue weighted by atomic mass is 10.2. The normalized spacial score (nSPS) is 10.4. The summed E-state index contributed by atoms with van der Waals surface area (Å²) in [5, 5.41) is 3.76. The summed E-state index contributed by atoms with van der Waals surface area (Å²) in [7, 11) is 1.69. The maximum Gasteiger partial charge on any atom is 0.134 e. The van der Waals surface area contributed by atoms with Crippen LogP contribution in [-0.2, 0) is 11.3 Å². The summed E-state index contributed by atoms with van der Waals surface area (Å²) in [5.41, 5.74) is 1.18. The maximum atomic E-state index is 5.65. The summed E-state index contributed by atoms with van der Waals surface area (Å²) in [5.74, 6) is 0.762. The molecule has 100 valence electrons. The first-order chi connectivity index (χ1) is 8.63. The Labute approximate surface area is 121 Å². The minimum atomic E-state index is 0.311. The molecule has 3 nitrogen and oxygen atoms in total. The molecule has 0 saturated carbocycles. The van der Waals surface area contributed by atoms with Crippen LogP contribution in [0.2, 0.25) is 0 Å². The molecule has 1 aromatic rings. The van der Waals surface area contributed by atoms with Gasteiger partial charge in [0.25, 0.3) is 0 Å². The standard InChI is InChI=1S/C13H17BrClNO2/c1-10(15)9-18-13-4-3-11(7-12(13)14)8-16-5-6-17-2/h3-4,7,16H,1,5-6,8-9H2,2H3. The summed E-state index contributed by atoms with van der Waals surface area (Å²) in [4.78, 5) is 0. The Bertz CT molecular complexity index is 399. The third-order valence-corrected chi connectivity index (χ3v) is 2.92. The molecule has 5 heteroatoms. The van der Waals surface area contributed by atoms with Gasteiger partial charge in [-0.2, -0.15) is 0 Å². The molecule has 0 saturated heterocycles. The van der Waals surface area contributed by atoms with Crippen molar-refractivity contribution in [2.75, 3.05) is 26.9 Å². The van der Waals surface area contributed by atoms with Crippen LogP contribution in [0.25, 0.3) is 0 Å². The van der Waals surface area contributed by atoms with Crippen molar-refractivity contribution in [2.45, 2.75) is 6.54 Å². The van der Waals surface area contributed by atoms with E-state index in [0.717, 1.165) is 23.3 Å². The molecule has 18 heavy (non-hydrogen) atoms. The zero-order valence-corrected chi connectivity index (χ0v) is 12.7. The number of rotatable bonds is 8. The van der Waals surface area contributed by atoms with Crippen molar-refractivity contribution >= 4 is 27.5 Å². The van der Waals surface area contributed by atoms with Crippen LogP contribution in [0.1, 0.15) is 5.56 Å². The van der Waals surface area contributed by atoms with E-state index in [0.29, 0.717) is 18.2 Å². The van der Waals surface area contributed by atoms with Gasteiger partial charge in [-0.25, -0.2) is 0 Å². The number of hydrogen-bond donors (Lipinski definition) is 1. The molecule has 0 spiro atoms. The molecule has 0 unspecified atom stereocenters. The summed E-state index contributed by atoms with van der Waals surface area (Å²) in [6.07, 6.45) is 0. The van der Waals surface area contributed by atoms with E-state index in [4.69, 9.17) is 21.1 Å². The summed E-state index contributed by atoms with van der Waals surface area (Å²) >= 11 is 9.12. The first kappa shape index (κ1) is 15.5. The molecule has 0 heterocycles. The highest BCUT2D eigenvalue weighted by Crippen LogP contribution is 2.26. The Kier molecular flexibility index (Phi) is 7.35. The van der Waals surface area contributed by atoms with Crippen LogP contribution in [0, 0.1) is 0 Å². The second kappa shape index (κ2) is 8.53. The van der Waals surface area contributed by atoms with E-state index in [1.165, 1.54) is 5.56 Å². The number of hydrogen-bond acceptors (Lipinski definition) is 3. The number of benzene rings is 1. The summed E-state index contributed by atoms with van der Waals surface area (Å²) in [6, 6.07) is 5.94. The molecule has 0 aromatic heterocycles. The highest BCUT2D eigenvalue weighted by Gasteiger charge is 2.03. The Morgan fingerprint density at radius 1 is 1.50 bits per heavy atom. The molecular weight excluding hydrogens is 318 g/mol. The summed E-state index contributed by atoms with van der Waals surface area (Å²) < 4.78 is 11.4. The van der Waals surface area contributed by atoms with E-state index < -0.39 is 0 Å². The SMILES string of the molecule is C=C(Cl)COc1ccc(CNCCOC)cc1Br. The van der Waals surface area contributed by atoms with Gasteiger partial charge >= 0.3 is 0 Å². The Hall–Kier alpha value is -0.550. The van der Waals surface area contributed by atoms with E-state index in [9.17, 15) is 0 Å². The fourth-order valence-electron chi connectivity index (χ4n) is 1.33. The minimum Gasteiger partial charge on any atom is -0.487 e. The van der Waals surface area contributed by atoms with E-state index in [2.05, 4.69) is 27.8 Å². The fourth-order valence-corrected chi connectivity index (χ4v) is 1.93. The van der Waals surface area contributed by atoms with Crippen LogP contribution >= 0.6 is 27.5 Å². The second-order valence-electron chi connectivity index (χ2n) is 3.74. The number of methoxy groups -OCH3 is 1. The largest absolute Gasteiger partial charge is 0.487 e. The molecule has 1 rings (SSSR count). The van der Waals surface area contributed by atoms with Crippen molar-refractivity contribution in [3.05, 3.63) is 39.8 Å². The number of ether oxygens (including phenoxy) is 2. The maximum absolute atomic E-state index is 5.65. The quantitative estimate of drug-likeness (QED) is 0.740. The Morgan fingerprint density at radius 2 is 2.28 bits per heavy atom. The molecule has 0 radical (unpaired) electrons. The third-order valence-electron chi connectivity index (χ3n) is 2.19. The van der Waals surface area contributed by atoms with E-state index in [1.807, 2.05) is 18.2 Å². The van der Waals surface area contributed by atoms with Gasteiger partial charge in [0.2, 0.25) is 0 Å². The first-order valence-electron chi connectivity index (χ1n) is 5.57. The Balaban J connectivity index is 2.48. The zero-order chi connectivity index (χ0) is 13.4. The predicted octanol–water partition coefficient (Wildman–Crippen LogP) is 3.32. The van der Waals surface area contributed by atoms with E-state index in [1.54, 1.807) is 7.11 Å². The highest BCUT2D eigenvalue weighted by molar-refractivity contribution is 9.10. The van der Waals surface area contributed by atoms with Gasteiger partial charge in [-0.15, -0.1) is 0 Å². The van der Waals surface area contributed by atoms with Crippen LogP contribution in [0.15, 0.2) is 34.3 Å². The molecular formula is C13H17BrClNO2. The molecule has 0 aliphatic carbocycles. The molecule has 1 N–H and O–H groups in total. The lowest BCUT2D eigenvalue weighted by Crippen LogP contribution is -2.18.